The molecule has 15 heavy (non-hydrogen) atoms. The van der Waals surface area contributed by atoms with E-state index in [2.05, 4.69) is 0 Å². The van der Waals surface area contributed by atoms with Crippen molar-refractivity contribution in [2.45, 2.75) is 32.1 Å². The van der Waals surface area contributed by atoms with E-state index in [1.54, 1.807) is 0 Å². The molecule has 1 aliphatic carbocycles. The Morgan fingerprint density at radius 1 is 1.00 bits per heavy atom. The molecular weight excluding hydrogens is 194 g/mol. The highest BCUT2D eigenvalue weighted by Gasteiger charge is 2.32. The number of piperidine rings is 1. The number of carbonyl (C=O) groups is 2. The smallest absolute Gasteiger partial charge is 0.394 e. The Morgan fingerprint density at radius 3 is 1.93 bits per heavy atom. The van der Waals surface area contributed by atoms with Crippen LogP contribution in [0.4, 0.5) is 0 Å². The normalized spacial score (nSPS) is 23.6. The minimum atomic E-state index is -1.32. The van der Waals surface area contributed by atoms with E-state index in [0.29, 0.717) is 13.1 Å². The van der Waals surface area contributed by atoms with E-state index < -0.39 is 11.9 Å². The van der Waals surface area contributed by atoms with E-state index in [0.717, 1.165) is 24.7 Å². The van der Waals surface area contributed by atoms with E-state index >= 15 is 0 Å². The quantitative estimate of drug-likeness (QED) is 0.661. The van der Waals surface area contributed by atoms with Crippen molar-refractivity contribution in [3.8, 4) is 0 Å². The van der Waals surface area contributed by atoms with Gasteiger partial charge < -0.3 is 10.0 Å². The van der Waals surface area contributed by atoms with Gasteiger partial charge >= 0.3 is 11.9 Å². The van der Waals surface area contributed by atoms with Crippen LogP contribution in [-0.2, 0) is 9.59 Å². The van der Waals surface area contributed by atoms with Gasteiger partial charge in [0, 0.05) is 13.1 Å². The maximum Gasteiger partial charge on any atom is 0.394 e. The lowest BCUT2D eigenvalue weighted by Gasteiger charge is -2.39. The average molecular weight is 211 g/mol. The third kappa shape index (κ3) is 2.13. The molecule has 84 valence electrons. The predicted molar refractivity (Wildman–Crippen MR) is 54.3 cm³/mol. The molecule has 0 aromatic rings. The number of rotatable bonds is 1. The van der Waals surface area contributed by atoms with Crippen LogP contribution in [0.25, 0.3) is 0 Å². The van der Waals surface area contributed by atoms with Gasteiger partial charge in [-0.1, -0.05) is 19.3 Å². The zero-order valence-electron chi connectivity index (χ0n) is 8.82. The summed E-state index contributed by atoms with van der Waals surface area (Å²) in [6, 6.07) is 0. The summed E-state index contributed by atoms with van der Waals surface area (Å²) in [5.41, 5.74) is 0. The first-order chi connectivity index (χ1) is 7.18. The van der Waals surface area contributed by atoms with Crippen molar-refractivity contribution >= 4 is 11.9 Å². The van der Waals surface area contributed by atoms with Gasteiger partial charge in [0.15, 0.2) is 0 Å². The summed E-state index contributed by atoms with van der Waals surface area (Å²) in [6.45, 7) is 1.26. The second-order valence-electron chi connectivity index (χ2n) is 4.63. The lowest BCUT2D eigenvalue weighted by Crippen LogP contribution is -2.43. The van der Waals surface area contributed by atoms with Crippen LogP contribution in [0.1, 0.15) is 32.1 Å². The molecule has 0 bridgehead atoms. The molecule has 0 atom stereocenters. The van der Waals surface area contributed by atoms with Gasteiger partial charge in [0.1, 0.15) is 0 Å². The molecule has 1 heterocycles. The first kappa shape index (κ1) is 10.5. The Bertz CT molecular complexity index is 265. The summed E-state index contributed by atoms with van der Waals surface area (Å²) >= 11 is 0. The van der Waals surface area contributed by atoms with Crippen LogP contribution in [0, 0.1) is 11.8 Å². The molecule has 1 saturated heterocycles. The highest BCUT2D eigenvalue weighted by Crippen LogP contribution is 2.38. The summed E-state index contributed by atoms with van der Waals surface area (Å²) in [5.74, 6) is -0.470. The first-order valence-corrected chi connectivity index (χ1v) is 5.70. The van der Waals surface area contributed by atoms with Crippen LogP contribution in [-0.4, -0.2) is 35.0 Å². The average Bonchev–Trinajstić information content (AvgIpc) is 2.15. The molecule has 4 nitrogen and oxygen atoms in total. The third-order valence-electron chi connectivity index (χ3n) is 3.83. The Kier molecular flexibility index (Phi) is 2.93. The molecule has 1 aliphatic heterocycles. The molecule has 2 rings (SSSR count). The molecule has 1 saturated carbocycles. The minimum Gasteiger partial charge on any atom is -0.474 e. The molecular formula is C11H17NO3. The van der Waals surface area contributed by atoms with Crippen LogP contribution in [0.5, 0.6) is 0 Å². The number of carbonyl (C=O) groups excluding carboxylic acids is 1. The summed E-state index contributed by atoms with van der Waals surface area (Å²) in [6.07, 6.45) is 5.99. The number of carboxylic acids is 1. The second kappa shape index (κ2) is 4.21. The Hall–Kier alpha value is -1.06. The van der Waals surface area contributed by atoms with Crippen molar-refractivity contribution in [1.82, 2.24) is 4.90 Å². The minimum absolute atomic E-state index is 0.631. The first-order valence-electron chi connectivity index (χ1n) is 5.70. The standard InChI is InChI=1S/C11H17NO3/c13-10(11(14)15)12-6-4-9(5-7-12)8-2-1-3-8/h8-9H,1-7H2,(H,14,15). The molecule has 0 aromatic carbocycles. The van der Waals surface area contributed by atoms with Gasteiger partial charge in [-0.2, -0.15) is 0 Å². The van der Waals surface area contributed by atoms with Crippen molar-refractivity contribution in [3.05, 3.63) is 0 Å². The summed E-state index contributed by atoms with van der Waals surface area (Å²) < 4.78 is 0. The Labute approximate surface area is 89.3 Å². The highest BCUT2D eigenvalue weighted by atomic mass is 16.4. The van der Waals surface area contributed by atoms with E-state index in [9.17, 15) is 9.59 Å². The molecule has 2 aliphatic rings. The monoisotopic (exact) mass is 211 g/mol. The maximum absolute atomic E-state index is 11.2. The van der Waals surface area contributed by atoms with E-state index in [1.807, 2.05) is 0 Å². The van der Waals surface area contributed by atoms with Gasteiger partial charge in [-0.3, -0.25) is 4.79 Å². The number of likely N-dealkylation sites (tertiary alicyclic amines) is 1. The van der Waals surface area contributed by atoms with E-state index in [-0.39, 0.29) is 0 Å². The molecule has 0 aromatic heterocycles. The number of hydrogen-bond donors (Lipinski definition) is 1. The molecule has 0 radical (unpaired) electrons. The molecule has 1 amide bonds. The van der Waals surface area contributed by atoms with Gasteiger partial charge in [-0.05, 0) is 24.7 Å². The third-order valence-corrected chi connectivity index (χ3v) is 3.83. The molecule has 2 fully saturated rings. The highest BCUT2D eigenvalue weighted by molar-refractivity contribution is 6.31. The fraction of sp³-hybridized carbons (Fsp3) is 0.818. The van der Waals surface area contributed by atoms with Gasteiger partial charge in [0.25, 0.3) is 0 Å². The van der Waals surface area contributed by atoms with Crippen LogP contribution in [0.3, 0.4) is 0 Å². The summed E-state index contributed by atoms with van der Waals surface area (Å²) in [4.78, 5) is 23.1. The molecule has 4 heteroatoms. The van der Waals surface area contributed by atoms with Gasteiger partial charge in [0.2, 0.25) is 0 Å². The van der Waals surface area contributed by atoms with Crippen molar-refractivity contribution in [2.75, 3.05) is 13.1 Å². The summed E-state index contributed by atoms with van der Waals surface area (Å²) in [7, 11) is 0. The number of aliphatic carboxylic acids is 1. The zero-order valence-corrected chi connectivity index (χ0v) is 8.82. The topological polar surface area (TPSA) is 57.6 Å². The van der Waals surface area contributed by atoms with Crippen molar-refractivity contribution in [1.29, 1.82) is 0 Å². The fourth-order valence-electron chi connectivity index (χ4n) is 2.62. The molecule has 1 N–H and O–H groups in total. The predicted octanol–water partition coefficient (Wildman–Crippen LogP) is 1.11. The van der Waals surface area contributed by atoms with Gasteiger partial charge in [-0.25, -0.2) is 4.79 Å². The SMILES string of the molecule is O=C(O)C(=O)N1CCC(C2CCC2)CC1. The lowest BCUT2D eigenvalue weighted by atomic mass is 9.72. The molecule has 0 spiro atoms. The van der Waals surface area contributed by atoms with E-state index in [4.69, 9.17) is 5.11 Å². The maximum atomic E-state index is 11.2. The fourth-order valence-corrected chi connectivity index (χ4v) is 2.62. The van der Waals surface area contributed by atoms with Crippen LogP contribution in [0.15, 0.2) is 0 Å². The number of carboxylic acid groups (broad SMARTS) is 1. The Balaban J connectivity index is 1.81. The lowest BCUT2D eigenvalue weighted by molar-refractivity contribution is -0.156. The number of hydrogen-bond acceptors (Lipinski definition) is 2. The molecule has 0 unspecified atom stereocenters. The zero-order chi connectivity index (χ0) is 10.8. The number of nitrogens with zero attached hydrogens (tertiary/aromatic N) is 1. The van der Waals surface area contributed by atoms with Crippen LogP contribution >= 0.6 is 0 Å². The van der Waals surface area contributed by atoms with E-state index in [1.165, 1.54) is 24.2 Å². The van der Waals surface area contributed by atoms with Crippen molar-refractivity contribution in [2.24, 2.45) is 11.8 Å². The largest absolute Gasteiger partial charge is 0.474 e. The van der Waals surface area contributed by atoms with Crippen molar-refractivity contribution in [3.63, 3.8) is 0 Å². The van der Waals surface area contributed by atoms with Crippen molar-refractivity contribution < 1.29 is 14.7 Å². The van der Waals surface area contributed by atoms with Crippen LogP contribution < -0.4 is 0 Å². The van der Waals surface area contributed by atoms with Gasteiger partial charge in [0.05, 0.1) is 0 Å². The second-order valence-corrected chi connectivity index (χ2v) is 4.63. The van der Waals surface area contributed by atoms with Gasteiger partial charge in [-0.15, -0.1) is 0 Å². The number of amides is 1. The van der Waals surface area contributed by atoms with Crippen LogP contribution in [0.2, 0.25) is 0 Å². The summed E-state index contributed by atoms with van der Waals surface area (Å²) in [5, 5.41) is 8.58. The Morgan fingerprint density at radius 2 is 1.53 bits per heavy atom.